The summed E-state index contributed by atoms with van der Waals surface area (Å²) >= 11 is 0. The fourth-order valence-corrected chi connectivity index (χ4v) is 2.89. The highest BCUT2D eigenvalue weighted by molar-refractivity contribution is 4.75. The van der Waals surface area contributed by atoms with Crippen molar-refractivity contribution >= 4 is 0 Å². The molecule has 2 aliphatic heterocycles. The Morgan fingerprint density at radius 1 is 1.21 bits per heavy atom. The van der Waals surface area contributed by atoms with Crippen LogP contribution in [0.3, 0.4) is 0 Å². The van der Waals surface area contributed by atoms with Crippen LogP contribution in [0.4, 0.5) is 0 Å². The Kier molecular flexibility index (Phi) is 5.63. The van der Waals surface area contributed by atoms with E-state index in [0.717, 1.165) is 25.8 Å². The van der Waals surface area contributed by atoms with Gasteiger partial charge in [0.05, 0.1) is 19.3 Å². The van der Waals surface area contributed by atoms with E-state index in [0.29, 0.717) is 6.04 Å². The Balaban J connectivity index is 1.55. The van der Waals surface area contributed by atoms with Gasteiger partial charge in [-0.1, -0.05) is 6.42 Å². The summed E-state index contributed by atoms with van der Waals surface area (Å²) in [5.74, 6) is -0.401. The largest absolute Gasteiger partial charge is 0.349 e. The number of piperidine rings is 1. The lowest BCUT2D eigenvalue weighted by atomic mass is 10.0. The van der Waals surface area contributed by atoms with Crippen molar-refractivity contribution in [3.8, 4) is 0 Å². The number of ether oxygens (including phenoxy) is 2. The molecule has 0 aromatic carbocycles. The third-order valence-electron chi connectivity index (χ3n) is 4.26. The van der Waals surface area contributed by atoms with Gasteiger partial charge in [0.1, 0.15) is 0 Å². The molecule has 1 atom stereocenters. The first-order chi connectivity index (χ1) is 9.07. The standard InChI is InChI=1S/C15H30N2O2/c1-13-7-4-5-9-17(13)10-6-8-16-14-11-18-15(2,3)19-12-14/h13-14,16H,4-12H2,1-3H3. The van der Waals surface area contributed by atoms with Gasteiger partial charge in [-0.25, -0.2) is 0 Å². The second-order valence-electron chi connectivity index (χ2n) is 6.41. The molecule has 0 saturated carbocycles. The fourth-order valence-electron chi connectivity index (χ4n) is 2.89. The Morgan fingerprint density at radius 3 is 2.63 bits per heavy atom. The van der Waals surface area contributed by atoms with Gasteiger partial charge in [-0.05, 0) is 59.7 Å². The summed E-state index contributed by atoms with van der Waals surface area (Å²) in [4.78, 5) is 2.63. The molecule has 4 heteroatoms. The maximum Gasteiger partial charge on any atom is 0.162 e. The maximum absolute atomic E-state index is 5.65. The molecule has 0 amide bonds. The lowest BCUT2D eigenvalue weighted by Crippen LogP contribution is -2.49. The zero-order valence-corrected chi connectivity index (χ0v) is 12.8. The van der Waals surface area contributed by atoms with Gasteiger partial charge in [0.25, 0.3) is 0 Å². The minimum atomic E-state index is -0.401. The molecule has 0 bridgehead atoms. The molecular formula is C15H30N2O2. The van der Waals surface area contributed by atoms with E-state index in [2.05, 4.69) is 17.1 Å². The predicted octanol–water partition coefficient (Wildman–Crippen LogP) is 1.99. The number of hydrogen-bond acceptors (Lipinski definition) is 4. The van der Waals surface area contributed by atoms with Gasteiger partial charge in [-0.15, -0.1) is 0 Å². The highest BCUT2D eigenvalue weighted by Gasteiger charge is 2.27. The van der Waals surface area contributed by atoms with Gasteiger partial charge in [-0.3, -0.25) is 0 Å². The van der Waals surface area contributed by atoms with Crippen LogP contribution in [-0.2, 0) is 9.47 Å². The van der Waals surface area contributed by atoms with Crippen LogP contribution in [0, 0.1) is 0 Å². The summed E-state index contributed by atoms with van der Waals surface area (Å²) in [5, 5.41) is 3.54. The highest BCUT2D eigenvalue weighted by atomic mass is 16.7. The molecule has 112 valence electrons. The molecule has 2 aliphatic rings. The van der Waals surface area contributed by atoms with Crippen molar-refractivity contribution in [2.24, 2.45) is 0 Å². The number of hydrogen-bond donors (Lipinski definition) is 1. The number of nitrogens with zero attached hydrogens (tertiary/aromatic N) is 1. The van der Waals surface area contributed by atoms with Crippen LogP contribution in [0.5, 0.6) is 0 Å². The van der Waals surface area contributed by atoms with E-state index in [1.54, 1.807) is 0 Å². The molecule has 1 N–H and O–H groups in total. The van der Waals surface area contributed by atoms with E-state index in [4.69, 9.17) is 9.47 Å². The zero-order chi connectivity index (χ0) is 13.7. The molecule has 2 heterocycles. The first kappa shape index (κ1) is 15.2. The van der Waals surface area contributed by atoms with Crippen molar-refractivity contribution in [3.63, 3.8) is 0 Å². The van der Waals surface area contributed by atoms with E-state index in [1.807, 2.05) is 13.8 Å². The minimum Gasteiger partial charge on any atom is -0.349 e. The van der Waals surface area contributed by atoms with Crippen LogP contribution in [-0.4, -0.2) is 55.6 Å². The molecular weight excluding hydrogens is 240 g/mol. The van der Waals surface area contributed by atoms with Crippen molar-refractivity contribution in [2.75, 3.05) is 32.8 Å². The van der Waals surface area contributed by atoms with Gasteiger partial charge >= 0.3 is 0 Å². The van der Waals surface area contributed by atoms with Crippen molar-refractivity contribution < 1.29 is 9.47 Å². The van der Waals surface area contributed by atoms with Crippen LogP contribution in [0.15, 0.2) is 0 Å². The monoisotopic (exact) mass is 270 g/mol. The van der Waals surface area contributed by atoms with E-state index in [-0.39, 0.29) is 0 Å². The molecule has 0 radical (unpaired) electrons. The van der Waals surface area contributed by atoms with Gasteiger partial charge in [0, 0.05) is 6.04 Å². The third kappa shape index (κ3) is 5.03. The highest BCUT2D eigenvalue weighted by Crippen LogP contribution is 2.17. The van der Waals surface area contributed by atoms with Crippen LogP contribution < -0.4 is 5.32 Å². The average molecular weight is 270 g/mol. The van der Waals surface area contributed by atoms with E-state index >= 15 is 0 Å². The second kappa shape index (κ2) is 7.02. The Labute approximate surface area is 117 Å². The van der Waals surface area contributed by atoms with Crippen molar-refractivity contribution in [1.29, 1.82) is 0 Å². The van der Waals surface area contributed by atoms with Crippen LogP contribution >= 0.6 is 0 Å². The van der Waals surface area contributed by atoms with Crippen molar-refractivity contribution in [1.82, 2.24) is 10.2 Å². The topological polar surface area (TPSA) is 33.7 Å². The van der Waals surface area contributed by atoms with E-state index in [1.165, 1.54) is 38.8 Å². The lowest BCUT2D eigenvalue weighted by Gasteiger charge is -2.36. The summed E-state index contributed by atoms with van der Waals surface area (Å²) in [6.45, 7) is 11.4. The van der Waals surface area contributed by atoms with Crippen molar-refractivity contribution in [3.05, 3.63) is 0 Å². The Bertz CT molecular complexity index is 261. The summed E-state index contributed by atoms with van der Waals surface area (Å²) in [6.07, 6.45) is 5.36. The first-order valence-corrected chi connectivity index (χ1v) is 7.82. The maximum atomic E-state index is 5.65. The van der Waals surface area contributed by atoms with Gasteiger partial charge in [-0.2, -0.15) is 0 Å². The molecule has 2 fully saturated rings. The molecule has 0 aromatic rings. The predicted molar refractivity (Wildman–Crippen MR) is 77.3 cm³/mol. The molecule has 4 nitrogen and oxygen atoms in total. The van der Waals surface area contributed by atoms with Crippen LogP contribution in [0.25, 0.3) is 0 Å². The van der Waals surface area contributed by atoms with E-state index < -0.39 is 5.79 Å². The van der Waals surface area contributed by atoms with Gasteiger partial charge in [0.2, 0.25) is 0 Å². The molecule has 2 saturated heterocycles. The molecule has 0 aromatic heterocycles. The zero-order valence-electron chi connectivity index (χ0n) is 12.8. The summed E-state index contributed by atoms with van der Waals surface area (Å²) < 4.78 is 11.3. The summed E-state index contributed by atoms with van der Waals surface area (Å²) in [7, 11) is 0. The quantitative estimate of drug-likeness (QED) is 0.775. The van der Waals surface area contributed by atoms with Crippen LogP contribution in [0.2, 0.25) is 0 Å². The lowest BCUT2D eigenvalue weighted by molar-refractivity contribution is -0.252. The minimum absolute atomic E-state index is 0.354. The number of likely N-dealkylation sites (tertiary alicyclic amines) is 1. The summed E-state index contributed by atoms with van der Waals surface area (Å²) in [6, 6.07) is 1.13. The number of rotatable bonds is 5. The third-order valence-corrected chi connectivity index (χ3v) is 4.26. The normalized spacial score (nSPS) is 29.5. The van der Waals surface area contributed by atoms with Gasteiger partial charge < -0.3 is 19.7 Å². The number of nitrogens with one attached hydrogen (secondary N) is 1. The van der Waals surface area contributed by atoms with Gasteiger partial charge in [0.15, 0.2) is 5.79 Å². The van der Waals surface area contributed by atoms with Crippen LogP contribution in [0.1, 0.15) is 46.5 Å². The summed E-state index contributed by atoms with van der Waals surface area (Å²) in [5.41, 5.74) is 0. The average Bonchev–Trinajstić information content (AvgIpc) is 2.38. The molecule has 0 spiro atoms. The Hall–Kier alpha value is -0.160. The Morgan fingerprint density at radius 2 is 1.95 bits per heavy atom. The molecule has 0 aliphatic carbocycles. The smallest absolute Gasteiger partial charge is 0.162 e. The molecule has 1 unspecified atom stereocenters. The molecule has 2 rings (SSSR count). The first-order valence-electron chi connectivity index (χ1n) is 7.82. The second-order valence-corrected chi connectivity index (χ2v) is 6.41. The van der Waals surface area contributed by atoms with E-state index in [9.17, 15) is 0 Å². The van der Waals surface area contributed by atoms with Crippen molar-refractivity contribution in [2.45, 2.75) is 64.3 Å². The fraction of sp³-hybridized carbons (Fsp3) is 1.00. The molecule has 19 heavy (non-hydrogen) atoms. The SMILES string of the molecule is CC1CCCCN1CCCNC1COC(C)(C)OC1.